The van der Waals surface area contributed by atoms with Crippen molar-refractivity contribution in [2.45, 2.75) is 36.1 Å². The van der Waals surface area contributed by atoms with Crippen molar-refractivity contribution in [3.05, 3.63) is 84.1 Å². The van der Waals surface area contributed by atoms with E-state index >= 15 is 0 Å². The molecule has 1 aliphatic rings. The molecule has 29 heavy (non-hydrogen) atoms. The highest BCUT2D eigenvalue weighted by Crippen LogP contribution is 2.25. The van der Waals surface area contributed by atoms with Gasteiger partial charge in [0.2, 0.25) is 0 Å². The van der Waals surface area contributed by atoms with Crippen LogP contribution >= 0.6 is 11.8 Å². The standard InChI is InChI=1S/C23H25N3O2S/c27-23(22-18(11-15-28-22)17-29-21-7-2-1-3-8-21)25-19-9-13-26(14-10-19)16-20-6-4-5-12-24-20/h1-8,11-12,15,19H,9-10,13-14,16-17H2,(H,25,27). The van der Waals surface area contributed by atoms with Crippen molar-refractivity contribution in [2.75, 3.05) is 13.1 Å². The van der Waals surface area contributed by atoms with Gasteiger partial charge in [0.15, 0.2) is 5.76 Å². The monoisotopic (exact) mass is 407 g/mol. The van der Waals surface area contributed by atoms with Crippen LogP contribution in [0.4, 0.5) is 0 Å². The number of pyridine rings is 1. The Kier molecular flexibility index (Phi) is 6.64. The Morgan fingerprint density at radius 1 is 1.10 bits per heavy atom. The van der Waals surface area contributed by atoms with E-state index in [2.05, 4.69) is 33.4 Å². The number of furan rings is 1. The average molecular weight is 408 g/mol. The van der Waals surface area contributed by atoms with Gasteiger partial charge in [-0.15, -0.1) is 11.8 Å². The molecule has 4 rings (SSSR count). The number of rotatable bonds is 7. The second-order valence-corrected chi connectivity index (χ2v) is 8.27. The first kappa shape index (κ1) is 19.7. The molecule has 0 atom stereocenters. The fourth-order valence-electron chi connectivity index (χ4n) is 3.53. The third-order valence-electron chi connectivity index (χ3n) is 5.13. The molecular formula is C23H25N3O2S. The van der Waals surface area contributed by atoms with Crippen molar-refractivity contribution in [3.8, 4) is 0 Å². The number of likely N-dealkylation sites (tertiary alicyclic amines) is 1. The van der Waals surface area contributed by atoms with Crippen molar-refractivity contribution in [1.29, 1.82) is 0 Å². The number of benzene rings is 1. The first-order valence-corrected chi connectivity index (χ1v) is 10.9. The summed E-state index contributed by atoms with van der Waals surface area (Å²) in [7, 11) is 0. The summed E-state index contributed by atoms with van der Waals surface area (Å²) in [5.74, 6) is 1.04. The molecule has 1 aliphatic heterocycles. The number of carbonyl (C=O) groups excluding carboxylic acids is 1. The third kappa shape index (κ3) is 5.49. The van der Waals surface area contributed by atoms with Crippen LogP contribution < -0.4 is 5.32 Å². The summed E-state index contributed by atoms with van der Waals surface area (Å²) < 4.78 is 5.51. The van der Waals surface area contributed by atoms with Gasteiger partial charge in [-0.05, 0) is 43.2 Å². The van der Waals surface area contributed by atoms with Gasteiger partial charge in [0.1, 0.15) is 0 Å². The Bertz CT molecular complexity index is 906. The number of nitrogens with zero attached hydrogens (tertiary/aromatic N) is 2. The minimum Gasteiger partial charge on any atom is -0.459 e. The predicted molar refractivity (Wildman–Crippen MR) is 115 cm³/mol. The summed E-state index contributed by atoms with van der Waals surface area (Å²) in [6.45, 7) is 2.77. The molecule has 0 radical (unpaired) electrons. The topological polar surface area (TPSA) is 58.4 Å². The minimum atomic E-state index is -0.109. The fourth-order valence-corrected chi connectivity index (χ4v) is 4.43. The highest BCUT2D eigenvalue weighted by atomic mass is 32.2. The molecule has 0 spiro atoms. The van der Waals surface area contributed by atoms with Crippen molar-refractivity contribution in [2.24, 2.45) is 0 Å². The maximum absolute atomic E-state index is 12.7. The summed E-state index contributed by atoms with van der Waals surface area (Å²) in [5, 5.41) is 3.16. The molecule has 2 aromatic heterocycles. The molecule has 3 aromatic rings. The zero-order chi connectivity index (χ0) is 19.9. The van der Waals surface area contributed by atoms with Crippen LogP contribution in [0.25, 0.3) is 0 Å². The van der Waals surface area contributed by atoms with Gasteiger partial charge in [-0.25, -0.2) is 0 Å². The van der Waals surface area contributed by atoms with E-state index in [1.165, 1.54) is 4.90 Å². The number of nitrogens with one attached hydrogen (secondary N) is 1. The highest BCUT2D eigenvalue weighted by Gasteiger charge is 2.23. The number of aromatic nitrogens is 1. The Balaban J connectivity index is 1.26. The molecule has 1 fully saturated rings. The number of thioether (sulfide) groups is 1. The summed E-state index contributed by atoms with van der Waals surface area (Å²) in [6, 6.07) is 18.3. The first-order chi connectivity index (χ1) is 14.3. The van der Waals surface area contributed by atoms with Crippen LogP contribution in [0.15, 0.2) is 76.4 Å². The van der Waals surface area contributed by atoms with Crippen molar-refractivity contribution >= 4 is 17.7 Å². The summed E-state index contributed by atoms with van der Waals surface area (Å²) in [4.78, 5) is 20.7. The second kappa shape index (κ2) is 9.76. The summed E-state index contributed by atoms with van der Waals surface area (Å²) in [6.07, 6.45) is 5.31. The van der Waals surface area contributed by atoms with Gasteiger partial charge in [-0.2, -0.15) is 0 Å². The van der Waals surface area contributed by atoms with Gasteiger partial charge in [0, 0.05) is 48.1 Å². The summed E-state index contributed by atoms with van der Waals surface area (Å²) >= 11 is 1.70. The Morgan fingerprint density at radius 2 is 1.90 bits per heavy atom. The second-order valence-electron chi connectivity index (χ2n) is 7.22. The van der Waals surface area contributed by atoms with Crippen LogP contribution in [0.1, 0.15) is 34.7 Å². The molecule has 0 unspecified atom stereocenters. The zero-order valence-corrected chi connectivity index (χ0v) is 17.1. The van der Waals surface area contributed by atoms with Crippen molar-refractivity contribution in [3.63, 3.8) is 0 Å². The molecule has 150 valence electrons. The number of amides is 1. The SMILES string of the molecule is O=C(NC1CCN(Cc2ccccn2)CC1)c1occc1CSc1ccccc1. The van der Waals surface area contributed by atoms with Crippen molar-refractivity contribution in [1.82, 2.24) is 15.2 Å². The Morgan fingerprint density at radius 3 is 2.66 bits per heavy atom. The quantitative estimate of drug-likeness (QED) is 0.590. The van der Waals surface area contributed by atoms with Gasteiger partial charge >= 0.3 is 0 Å². The van der Waals surface area contributed by atoms with Crippen LogP contribution in [-0.2, 0) is 12.3 Å². The average Bonchev–Trinajstić information content (AvgIpc) is 3.24. The maximum atomic E-state index is 12.7. The number of hydrogen-bond donors (Lipinski definition) is 1. The van der Waals surface area contributed by atoms with Crippen LogP contribution in [0.3, 0.4) is 0 Å². The first-order valence-electron chi connectivity index (χ1n) is 9.95. The van der Waals surface area contributed by atoms with E-state index in [9.17, 15) is 4.79 Å². The van der Waals surface area contributed by atoms with Gasteiger partial charge in [0.25, 0.3) is 5.91 Å². The highest BCUT2D eigenvalue weighted by molar-refractivity contribution is 7.98. The van der Waals surface area contributed by atoms with Gasteiger partial charge in [-0.1, -0.05) is 24.3 Å². The molecule has 3 heterocycles. The van der Waals surface area contributed by atoms with Crippen LogP contribution in [0, 0.1) is 0 Å². The normalized spacial score (nSPS) is 15.3. The smallest absolute Gasteiger partial charge is 0.287 e. The molecule has 0 aliphatic carbocycles. The zero-order valence-electron chi connectivity index (χ0n) is 16.3. The molecular weight excluding hydrogens is 382 g/mol. The van der Waals surface area contributed by atoms with E-state index in [0.717, 1.165) is 43.7 Å². The number of carbonyl (C=O) groups is 1. The molecule has 1 aromatic carbocycles. The molecule has 0 saturated carbocycles. The van der Waals surface area contributed by atoms with Crippen LogP contribution in [0.2, 0.25) is 0 Å². The molecule has 6 heteroatoms. The van der Waals surface area contributed by atoms with E-state index in [1.54, 1.807) is 18.0 Å². The van der Waals surface area contributed by atoms with E-state index < -0.39 is 0 Å². The Hall–Kier alpha value is -2.57. The van der Waals surface area contributed by atoms with E-state index in [-0.39, 0.29) is 11.9 Å². The molecule has 1 amide bonds. The molecule has 0 bridgehead atoms. The minimum absolute atomic E-state index is 0.109. The number of hydrogen-bond acceptors (Lipinski definition) is 5. The molecule has 1 N–H and O–H groups in total. The van der Waals surface area contributed by atoms with Crippen LogP contribution in [-0.4, -0.2) is 34.9 Å². The third-order valence-corrected chi connectivity index (χ3v) is 6.19. The predicted octanol–water partition coefficient (Wildman–Crippen LogP) is 4.36. The van der Waals surface area contributed by atoms with Crippen LogP contribution in [0.5, 0.6) is 0 Å². The lowest BCUT2D eigenvalue weighted by atomic mass is 10.0. The van der Waals surface area contributed by atoms with Gasteiger partial charge < -0.3 is 9.73 Å². The lowest BCUT2D eigenvalue weighted by Crippen LogP contribution is -2.44. The molecule has 5 nitrogen and oxygen atoms in total. The van der Waals surface area contributed by atoms with E-state index in [4.69, 9.17) is 4.42 Å². The van der Waals surface area contributed by atoms with E-state index in [1.807, 2.05) is 42.6 Å². The largest absolute Gasteiger partial charge is 0.459 e. The lowest BCUT2D eigenvalue weighted by Gasteiger charge is -2.32. The summed E-state index contributed by atoms with van der Waals surface area (Å²) in [5.41, 5.74) is 2.02. The fraction of sp³-hybridized carbons (Fsp3) is 0.304. The number of piperidine rings is 1. The Labute approximate surface area is 175 Å². The van der Waals surface area contributed by atoms with Crippen molar-refractivity contribution < 1.29 is 9.21 Å². The lowest BCUT2D eigenvalue weighted by molar-refractivity contribution is 0.0879. The molecule has 1 saturated heterocycles. The van der Waals surface area contributed by atoms with Gasteiger partial charge in [-0.3, -0.25) is 14.7 Å². The van der Waals surface area contributed by atoms with E-state index in [0.29, 0.717) is 11.5 Å². The maximum Gasteiger partial charge on any atom is 0.287 e. The van der Waals surface area contributed by atoms with Gasteiger partial charge in [0.05, 0.1) is 12.0 Å².